The van der Waals surface area contributed by atoms with Crippen LogP contribution < -0.4 is 4.72 Å². The van der Waals surface area contributed by atoms with E-state index in [1.165, 1.54) is 18.2 Å². The van der Waals surface area contributed by atoms with Crippen LogP contribution in [0.5, 0.6) is 0 Å². The van der Waals surface area contributed by atoms with Crippen LogP contribution in [0.15, 0.2) is 76.2 Å². The first-order valence-corrected chi connectivity index (χ1v) is 13.1. The number of rotatable bonds is 9. The quantitative estimate of drug-likeness (QED) is 0.240. The highest BCUT2D eigenvalue weighted by atomic mass is 32.2. The molecule has 1 N–H and O–H groups in total. The lowest BCUT2D eigenvalue weighted by molar-refractivity contribution is 0.0473. The van der Waals surface area contributed by atoms with Gasteiger partial charge in [-0.15, -0.1) is 0 Å². The molecule has 0 saturated carbocycles. The van der Waals surface area contributed by atoms with Crippen LogP contribution in [0.3, 0.4) is 0 Å². The van der Waals surface area contributed by atoms with E-state index >= 15 is 0 Å². The summed E-state index contributed by atoms with van der Waals surface area (Å²) in [5.41, 5.74) is 3.98. The lowest BCUT2D eigenvalue weighted by atomic mass is 10.1. The molecule has 0 spiro atoms. The molecule has 192 valence electrons. The Morgan fingerprint density at radius 1 is 0.946 bits per heavy atom. The van der Waals surface area contributed by atoms with E-state index in [4.69, 9.17) is 9.15 Å². The van der Waals surface area contributed by atoms with Crippen molar-refractivity contribution >= 4 is 27.5 Å². The van der Waals surface area contributed by atoms with Gasteiger partial charge in [-0.2, -0.15) is 0 Å². The fourth-order valence-electron chi connectivity index (χ4n) is 4.08. The number of esters is 1. The van der Waals surface area contributed by atoms with Gasteiger partial charge in [0.25, 0.3) is 10.0 Å². The summed E-state index contributed by atoms with van der Waals surface area (Å²) >= 11 is 0. The minimum Gasteiger partial charge on any atom is -0.467 e. The highest BCUT2D eigenvalue weighted by Gasteiger charge is 2.22. The summed E-state index contributed by atoms with van der Waals surface area (Å²) in [6, 6.07) is 16.6. The molecule has 0 bridgehead atoms. The number of ether oxygens (including phenoxy) is 1. The van der Waals surface area contributed by atoms with Crippen LogP contribution in [-0.2, 0) is 21.3 Å². The molecule has 2 aromatic heterocycles. The van der Waals surface area contributed by atoms with Crippen LogP contribution in [0.1, 0.15) is 49.0 Å². The van der Waals surface area contributed by atoms with E-state index in [9.17, 15) is 18.0 Å². The third-order valence-corrected chi connectivity index (χ3v) is 7.49. The molecule has 0 fully saturated rings. The molecule has 2 aromatic carbocycles. The van der Waals surface area contributed by atoms with Crippen molar-refractivity contribution in [2.24, 2.45) is 0 Å². The summed E-state index contributed by atoms with van der Waals surface area (Å²) in [4.78, 5) is 25.7. The second-order valence-electron chi connectivity index (χ2n) is 8.90. The Morgan fingerprint density at radius 3 is 2.43 bits per heavy atom. The molecule has 0 unspecified atom stereocenters. The number of nitrogens with one attached hydrogen (secondary N) is 1. The number of Topliss-reactive ketones (excluding diaryl/α,β-unsaturated/α-hetero) is 1. The van der Waals surface area contributed by atoms with Gasteiger partial charge in [0.05, 0.1) is 23.3 Å². The summed E-state index contributed by atoms with van der Waals surface area (Å²) in [6.07, 6.45) is 1.59. The standard InChI is InChI=1S/C28H28N2O6S/c1-18-7-5-8-22(13-18)29-37(33,34)24-11-10-19(2)25(15-24)28(32)36-17-27(31)26-14-20(3)30(21(26)4)16-23-9-6-12-35-23/h5-15,29H,16-17H2,1-4H3. The van der Waals surface area contributed by atoms with Gasteiger partial charge in [-0.1, -0.05) is 18.2 Å². The van der Waals surface area contributed by atoms with Crippen LogP contribution in [-0.4, -0.2) is 31.3 Å². The maximum absolute atomic E-state index is 12.9. The number of aryl methyl sites for hydroxylation is 3. The van der Waals surface area contributed by atoms with E-state index in [0.29, 0.717) is 23.4 Å². The zero-order valence-corrected chi connectivity index (χ0v) is 21.9. The van der Waals surface area contributed by atoms with Gasteiger partial charge in [-0.25, -0.2) is 13.2 Å². The van der Waals surface area contributed by atoms with Crippen LogP contribution in [0.2, 0.25) is 0 Å². The monoisotopic (exact) mass is 520 g/mol. The van der Waals surface area contributed by atoms with Gasteiger partial charge in [0.15, 0.2) is 6.61 Å². The van der Waals surface area contributed by atoms with Gasteiger partial charge in [0.1, 0.15) is 5.76 Å². The Bertz CT molecular complexity index is 1570. The lowest BCUT2D eigenvalue weighted by Gasteiger charge is -2.12. The molecule has 9 heteroatoms. The molecule has 0 aliphatic carbocycles. The van der Waals surface area contributed by atoms with Crippen molar-refractivity contribution in [3.05, 3.63) is 106 Å². The van der Waals surface area contributed by atoms with Gasteiger partial charge >= 0.3 is 5.97 Å². The van der Waals surface area contributed by atoms with Crippen molar-refractivity contribution in [3.8, 4) is 0 Å². The Labute approximate surface area is 215 Å². The van der Waals surface area contributed by atoms with Crippen LogP contribution in [0.4, 0.5) is 5.69 Å². The van der Waals surface area contributed by atoms with E-state index in [1.54, 1.807) is 43.5 Å². The summed E-state index contributed by atoms with van der Waals surface area (Å²) in [5.74, 6) is -0.369. The molecule has 8 nitrogen and oxygen atoms in total. The molecule has 0 radical (unpaired) electrons. The normalized spacial score (nSPS) is 11.4. The number of carbonyl (C=O) groups is 2. The van der Waals surface area contributed by atoms with Gasteiger partial charge in [0.2, 0.25) is 5.78 Å². The number of aromatic nitrogens is 1. The summed E-state index contributed by atoms with van der Waals surface area (Å²) in [5, 5.41) is 0. The van der Waals surface area contributed by atoms with Gasteiger partial charge in [-0.3, -0.25) is 9.52 Å². The minimum absolute atomic E-state index is 0.0724. The maximum atomic E-state index is 12.9. The van der Waals surface area contributed by atoms with Crippen molar-refractivity contribution in [1.82, 2.24) is 4.57 Å². The number of nitrogens with zero attached hydrogens (tertiary/aromatic N) is 1. The summed E-state index contributed by atoms with van der Waals surface area (Å²) in [6.45, 7) is 7.25. The molecule has 0 aliphatic rings. The first-order valence-electron chi connectivity index (χ1n) is 11.6. The van der Waals surface area contributed by atoms with Crippen molar-refractivity contribution in [3.63, 3.8) is 0 Å². The number of benzene rings is 2. The Morgan fingerprint density at radius 2 is 1.73 bits per heavy atom. The SMILES string of the molecule is Cc1cccc(NS(=O)(=O)c2ccc(C)c(C(=O)OCC(=O)c3cc(C)n(Cc4ccco4)c3C)c2)c1. The summed E-state index contributed by atoms with van der Waals surface area (Å²) in [7, 11) is -3.94. The molecular weight excluding hydrogens is 492 g/mol. The van der Waals surface area contributed by atoms with Gasteiger partial charge in [0, 0.05) is 22.6 Å². The van der Waals surface area contributed by atoms with Crippen molar-refractivity contribution in [1.29, 1.82) is 0 Å². The van der Waals surface area contributed by atoms with Gasteiger partial charge in [-0.05, 0) is 81.3 Å². The fraction of sp³-hybridized carbons (Fsp3) is 0.214. The average Bonchev–Trinajstić information content (AvgIpc) is 3.46. The molecule has 0 atom stereocenters. The van der Waals surface area contributed by atoms with E-state index in [1.807, 2.05) is 37.5 Å². The average molecular weight is 521 g/mol. The number of hydrogen-bond donors (Lipinski definition) is 1. The first-order chi connectivity index (χ1) is 17.5. The van der Waals surface area contributed by atoms with E-state index in [2.05, 4.69) is 4.72 Å². The smallest absolute Gasteiger partial charge is 0.338 e. The summed E-state index contributed by atoms with van der Waals surface area (Å²) < 4.78 is 41.0. The van der Waals surface area contributed by atoms with E-state index in [-0.39, 0.29) is 16.2 Å². The molecule has 2 heterocycles. The predicted molar refractivity (Wildman–Crippen MR) is 139 cm³/mol. The number of anilines is 1. The Kier molecular flexibility index (Phi) is 7.35. The van der Waals surface area contributed by atoms with Crippen molar-refractivity contribution in [2.75, 3.05) is 11.3 Å². The van der Waals surface area contributed by atoms with Crippen LogP contribution >= 0.6 is 0 Å². The van der Waals surface area contributed by atoms with Gasteiger partial charge < -0.3 is 13.7 Å². The third-order valence-electron chi connectivity index (χ3n) is 6.11. The minimum atomic E-state index is -3.94. The largest absolute Gasteiger partial charge is 0.467 e. The lowest BCUT2D eigenvalue weighted by Crippen LogP contribution is -2.17. The third kappa shape index (κ3) is 5.83. The predicted octanol–water partition coefficient (Wildman–Crippen LogP) is 5.20. The maximum Gasteiger partial charge on any atom is 0.338 e. The van der Waals surface area contributed by atoms with Crippen molar-refractivity contribution in [2.45, 2.75) is 39.1 Å². The number of furan rings is 1. The Hall–Kier alpha value is -4.11. The highest BCUT2D eigenvalue weighted by Crippen LogP contribution is 2.22. The fourth-order valence-corrected chi connectivity index (χ4v) is 5.16. The zero-order chi connectivity index (χ0) is 26.7. The van der Waals surface area contributed by atoms with Crippen LogP contribution in [0, 0.1) is 27.7 Å². The van der Waals surface area contributed by atoms with E-state index in [0.717, 1.165) is 22.7 Å². The number of sulfonamides is 1. The molecule has 4 aromatic rings. The molecule has 4 rings (SSSR count). The zero-order valence-electron chi connectivity index (χ0n) is 21.1. The van der Waals surface area contributed by atoms with Crippen molar-refractivity contribution < 1.29 is 27.2 Å². The first kappa shape index (κ1) is 26.0. The second-order valence-corrected chi connectivity index (χ2v) is 10.6. The molecule has 37 heavy (non-hydrogen) atoms. The highest BCUT2D eigenvalue weighted by molar-refractivity contribution is 7.92. The Balaban J connectivity index is 1.47. The van der Waals surface area contributed by atoms with Crippen LogP contribution in [0.25, 0.3) is 0 Å². The second kappa shape index (κ2) is 10.5. The number of ketones is 1. The molecule has 0 saturated heterocycles. The number of carbonyl (C=O) groups excluding carboxylic acids is 2. The molecule has 0 aliphatic heterocycles. The molecular formula is C28H28N2O6S. The molecule has 0 amide bonds. The topological polar surface area (TPSA) is 108 Å². The number of hydrogen-bond acceptors (Lipinski definition) is 6. The van der Waals surface area contributed by atoms with E-state index < -0.39 is 22.6 Å².